The van der Waals surface area contributed by atoms with Crippen LogP contribution < -0.4 is 24.8 Å². The number of hydroxylamine groups is 2. The Labute approximate surface area is 306 Å². The third-order valence-corrected chi connectivity index (χ3v) is 11.4. The van der Waals surface area contributed by atoms with E-state index in [9.17, 15) is 19.8 Å². The number of amides is 2. The average Bonchev–Trinajstić information content (AvgIpc) is 3.75. The summed E-state index contributed by atoms with van der Waals surface area (Å²) in [4.78, 5) is 33.9. The Morgan fingerprint density at radius 1 is 1.08 bits per heavy atom. The Morgan fingerprint density at radius 3 is 2.56 bits per heavy atom. The lowest BCUT2D eigenvalue weighted by molar-refractivity contribution is -0.182. The van der Waals surface area contributed by atoms with Crippen molar-refractivity contribution in [3.8, 4) is 28.4 Å². The fraction of sp³-hybridized carbons (Fsp3) is 0.512. The van der Waals surface area contributed by atoms with Gasteiger partial charge in [-0.15, -0.1) is 0 Å². The van der Waals surface area contributed by atoms with Crippen LogP contribution in [0.5, 0.6) is 17.2 Å². The summed E-state index contributed by atoms with van der Waals surface area (Å²) in [5.74, 6) is 0.891. The second-order valence-electron chi connectivity index (χ2n) is 15.3. The number of ether oxygens (including phenoxy) is 3. The van der Waals surface area contributed by atoms with Crippen LogP contribution in [0.2, 0.25) is 0 Å². The van der Waals surface area contributed by atoms with Crippen molar-refractivity contribution < 1.29 is 38.9 Å². The smallest absolute Gasteiger partial charge is 0.255 e. The fourth-order valence-corrected chi connectivity index (χ4v) is 8.19. The van der Waals surface area contributed by atoms with Gasteiger partial charge >= 0.3 is 0 Å². The zero-order valence-corrected chi connectivity index (χ0v) is 31.1. The molecule has 1 saturated carbocycles. The molecular weight excluding hydrogens is 662 g/mol. The molecule has 1 saturated heterocycles. The summed E-state index contributed by atoms with van der Waals surface area (Å²) in [5.41, 5.74) is 3.76. The third kappa shape index (κ3) is 7.78. The molecule has 0 spiro atoms. The number of fused-ring (bicyclic) bond motifs is 1. The van der Waals surface area contributed by atoms with Gasteiger partial charge in [-0.3, -0.25) is 14.4 Å². The number of rotatable bonds is 12. The Bertz CT molecular complexity index is 1730. The molecule has 0 unspecified atom stereocenters. The number of para-hydroxylation sites is 1. The van der Waals surface area contributed by atoms with Gasteiger partial charge in [-0.1, -0.05) is 76.2 Å². The maximum absolute atomic E-state index is 14.2. The van der Waals surface area contributed by atoms with Gasteiger partial charge in [0, 0.05) is 29.6 Å². The van der Waals surface area contributed by atoms with Gasteiger partial charge in [-0.05, 0) is 66.7 Å². The maximum Gasteiger partial charge on any atom is 0.255 e. The van der Waals surface area contributed by atoms with E-state index in [1.165, 1.54) is 0 Å². The first-order valence-corrected chi connectivity index (χ1v) is 18.4. The zero-order valence-electron chi connectivity index (χ0n) is 31.1. The summed E-state index contributed by atoms with van der Waals surface area (Å²) in [5, 5.41) is 29.1. The second kappa shape index (κ2) is 15.8. The van der Waals surface area contributed by atoms with Crippen molar-refractivity contribution in [2.45, 2.75) is 84.7 Å². The minimum atomic E-state index is -0.918. The highest BCUT2D eigenvalue weighted by Gasteiger charge is 2.50. The lowest BCUT2D eigenvalue weighted by atomic mass is 9.64. The van der Waals surface area contributed by atoms with Crippen LogP contribution in [0.3, 0.4) is 0 Å². The quantitative estimate of drug-likeness (QED) is 0.202. The van der Waals surface area contributed by atoms with E-state index < -0.39 is 24.2 Å². The van der Waals surface area contributed by atoms with Crippen LogP contribution in [0.4, 0.5) is 0 Å². The van der Waals surface area contributed by atoms with E-state index in [0.29, 0.717) is 58.4 Å². The minimum absolute atomic E-state index is 0.00276. The number of hydrogen-bond donors (Lipinski definition) is 4. The molecule has 3 aromatic carbocycles. The molecule has 52 heavy (non-hydrogen) atoms. The number of carbonyl (C=O) groups is 2. The van der Waals surface area contributed by atoms with Gasteiger partial charge in [0.05, 0.1) is 31.9 Å². The van der Waals surface area contributed by atoms with Gasteiger partial charge in [0.15, 0.2) is 11.5 Å². The molecule has 2 amide bonds. The molecule has 0 aromatic heterocycles. The normalized spacial score (nSPS) is 25.8. The monoisotopic (exact) mass is 715 g/mol. The van der Waals surface area contributed by atoms with Gasteiger partial charge in [-0.25, -0.2) is 0 Å². The summed E-state index contributed by atoms with van der Waals surface area (Å²) in [7, 11) is 1.57. The van der Waals surface area contributed by atoms with Crippen LogP contribution in [0.1, 0.15) is 68.9 Å². The van der Waals surface area contributed by atoms with Crippen molar-refractivity contribution in [3.05, 3.63) is 77.4 Å². The molecule has 11 heteroatoms. The van der Waals surface area contributed by atoms with E-state index >= 15 is 0 Å². The molecule has 280 valence electrons. The summed E-state index contributed by atoms with van der Waals surface area (Å²) >= 11 is 0. The third-order valence-electron chi connectivity index (χ3n) is 11.4. The second-order valence-corrected chi connectivity index (χ2v) is 15.3. The Morgan fingerprint density at radius 2 is 1.85 bits per heavy atom. The molecule has 6 rings (SSSR count). The molecule has 3 aromatic rings. The number of methoxy groups -OCH3 is 1. The summed E-state index contributed by atoms with van der Waals surface area (Å²) in [6.07, 6.45) is 0.837. The molecule has 7 atom stereocenters. The van der Waals surface area contributed by atoms with E-state index in [4.69, 9.17) is 19.0 Å². The number of hydrogen-bond acceptors (Lipinski definition) is 9. The molecule has 4 N–H and O–H groups in total. The first kappa shape index (κ1) is 37.6. The van der Waals surface area contributed by atoms with Crippen molar-refractivity contribution in [3.63, 3.8) is 0 Å². The minimum Gasteiger partial charge on any atom is -0.496 e. The number of nitrogens with one attached hydrogen (secondary N) is 2. The lowest BCUT2D eigenvalue weighted by Crippen LogP contribution is -2.55. The van der Waals surface area contributed by atoms with Crippen LogP contribution in [0.25, 0.3) is 11.1 Å². The van der Waals surface area contributed by atoms with E-state index in [1.54, 1.807) is 25.2 Å². The van der Waals surface area contributed by atoms with Crippen molar-refractivity contribution in [1.82, 2.24) is 15.7 Å². The summed E-state index contributed by atoms with van der Waals surface area (Å²) in [6, 6.07) is 18.3. The Balaban J connectivity index is 1.27. The van der Waals surface area contributed by atoms with E-state index in [0.717, 1.165) is 18.4 Å². The predicted octanol–water partition coefficient (Wildman–Crippen LogP) is 5.11. The molecule has 2 heterocycles. The highest BCUT2D eigenvalue weighted by atomic mass is 16.7. The first-order valence-electron chi connectivity index (χ1n) is 18.4. The number of benzene rings is 3. The average molecular weight is 716 g/mol. The Kier molecular flexibility index (Phi) is 11.4. The summed E-state index contributed by atoms with van der Waals surface area (Å²) < 4.78 is 17.5. The van der Waals surface area contributed by atoms with Crippen molar-refractivity contribution in [2.75, 3.05) is 27.1 Å². The van der Waals surface area contributed by atoms with Crippen LogP contribution >= 0.6 is 0 Å². The van der Waals surface area contributed by atoms with Gasteiger partial charge in [0.25, 0.3) is 5.91 Å². The maximum atomic E-state index is 14.2. The Hall–Kier alpha value is -4.16. The van der Waals surface area contributed by atoms with Gasteiger partial charge in [0.2, 0.25) is 12.7 Å². The molecular formula is C41H53N3O8. The van der Waals surface area contributed by atoms with Crippen LogP contribution in [-0.4, -0.2) is 78.4 Å². The highest BCUT2D eigenvalue weighted by molar-refractivity contribution is 5.99. The molecule has 0 bridgehead atoms. The van der Waals surface area contributed by atoms with E-state index in [-0.39, 0.29) is 49.1 Å². The SMILES string of the molecule is COc1c(CN2O[C@@H](CO)[C@H]([C@H](C)O)[C@H]2C(=O)N[C@H]2C[C@@H](C)C(C)(C)C[C@@H]2C)cccc1-c1cc2c(c(C(=O)NCCc3ccccc3)c1)OCO2. The lowest BCUT2D eigenvalue weighted by Gasteiger charge is -2.45. The molecule has 0 radical (unpaired) electrons. The molecule has 2 aliphatic heterocycles. The van der Waals surface area contributed by atoms with Gasteiger partial charge in [0.1, 0.15) is 17.9 Å². The number of carbonyl (C=O) groups excluding carboxylic acids is 2. The van der Waals surface area contributed by atoms with Crippen molar-refractivity contribution in [1.29, 1.82) is 0 Å². The molecule has 3 aliphatic rings. The standard InChI is InChI=1S/C41H53N3O8/c1-24-20-41(4,5)25(2)17-32(24)43-40(48)36-35(26(3)46)34(22-45)52-44(36)21-28-13-10-14-30(37(28)49-6)29-18-31(38-33(19-29)50-23-51-38)39(47)42-16-15-27-11-8-7-9-12-27/h7-14,18-19,24-26,32,34-36,45-46H,15-17,20-23H2,1-6H3,(H,42,47)(H,43,48)/t24-,25+,26-,32-,34-,35-,36-/m0/s1. The molecule has 1 aliphatic carbocycles. The van der Waals surface area contributed by atoms with E-state index in [1.807, 2.05) is 54.6 Å². The predicted molar refractivity (Wildman–Crippen MR) is 197 cm³/mol. The highest BCUT2D eigenvalue weighted by Crippen LogP contribution is 2.45. The van der Waals surface area contributed by atoms with Crippen LogP contribution in [-0.2, 0) is 22.6 Å². The topological polar surface area (TPSA) is 139 Å². The number of nitrogens with zero attached hydrogens (tertiary/aromatic N) is 1. The first-order chi connectivity index (χ1) is 24.9. The number of aliphatic hydroxyl groups excluding tert-OH is 2. The van der Waals surface area contributed by atoms with Crippen molar-refractivity contribution in [2.24, 2.45) is 23.2 Å². The van der Waals surface area contributed by atoms with Crippen LogP contribution in [0, 0.1) is 23.2 Å². The van der Waals surface area contributed by atoms with Gasteiger partial charge < -0.3 is 35.1 Å². The number of aliphatic hydroxyl groups is 2. The van der Waals surface area contributed by atoms with Crippen molar-refractivity contribution >= 4 is 11.8 Å². The molecule has 2 fully saturated rings. The molecule has 11 nitrogen and oxygen atoms in total. The fourth-order valence-electron chi connectivity index (χ4n) is 8.19. The van der Waals surface area contributed by atoms with Crippen LogP contribution in [0.15, 0.2) is 60.7 Å². The zero-order chi connectivity index (χ0) is 37.2. The summed E-state index contributed by atoms with van der Waals surface area (Å²) in [6.45, 7) is 10.8. The van der Waals surface area contributed by atoms with Gasteiger partial charge in [-0.2, -0.15) is 5.06 Å². The largest absolute Gasteiger partial charge is 0.496 e. The van der Waals surface area contributed by atoms with E-state index in [2.05, 4.69) is 38.3 Å².